The van der Waals surface area contributed by atoms with Gasteiger partial charge in [0.05, 0.1) is 6.04 Å². The molecule has 0 unspecified atom stereocenters. The van der Waals surface area contributed by atoms with Crippen LogP contribution in [0.2, 0.25) is 5.15 Å². The molecule has 6 nitrogen and oxygen atoms in total. The Morgan fingerprint density at radius 1 is 1.50 bits per heavy atom. The van der Waals surface area contributed by atoms with Crippen LogP contribution in [0, 0.1) is 6.92 Å². The molecule has 0 N–H and O–H groups in total. The molecule has 1 aromatic heterocycles. The van der Waals surface area contributed by atoms with Gasteiger partial charge in [0.25, 0.3) is 0 Å². The maximum atomic E-state index is 12.2. The highest BCUT2D eigenvalue weighted by Gasteiger charge is 2.32. The van der Waals surface area contributed by atoms with Gasteiger partial charge < -0.3 is 14.4 Å². The highest BCUT2D eigenvalue weighted by Crippen LogP contribution is 2.22. The fourth-order valence-corrected chi connectivity index (χ4v) is 2.34. The molecule has 22 heavy (non-hydrogen) atoms. The lowest BCUT2D eigenvalue weighted by molar-refractivity contribution is 0.0184. The van der Waals surface area contributed by atoms with Crippen LogP contribution in [-0.4, -0.2) is 45.8 Å². The van der Waals surface area contributed by atoms with Gasteiger partial charge in [0.15, 0.2) is 0 Å². The van der Waals surface area contributed by atoms with Crippen molar-refractivity contribution in [3.05, 3.63) is 16.9 Å². The highest BCUT2D eigenvalue weighted by molar-refractivity contribution is 6.30. The molecule has 1 amide bonds. The second-order valence-electron chi connectivity index (χ2n) is 6.41. The molecule has 0 spiro atoms. The highest BCUT2D eigenvalue weighted by atomic mass is 35.5. The van der Waals surface area contributed by atoms with Crippen LogP contribution in [0.1, 0.15) is 39.2 Å². The zero-order valence-electron chi connectivity index (χ0n) is 13.4. The minimum absolute atomic E-state index is 0.0291. The first-order valence-corrected chi connectivity index (χ1v) is 7.75. The van der Waals surface area contributed by atoms with E-state index in [9.17, 15) is 4.79 Å². The zero-order valence-corrected chi connectivity index (χ0v) is 14.2. The molecular formula is C15H22ClN3O3. The summed E-state index contributed by atoms with van der Waals surface area (Å²) in [7, 11) is 0. The van der Waals surface area contributed by atoms with Crippen LogP contribution in [0.25, 0.3) is 0 Å². The van der Waals surface area contributed by atoms with Crippen LogP contribution in [0.3, 0.4) is 0 Å². The van der Waals surface area contributed by atoms with Crippen molar-refractivity contribution in [1.82, 2.24) is 14.9 Å². The number of hydrogen-bond donors (Lipinski definition) is 0. The quantitative estimate of drug-likeness (QED) is 0.797. The van der Waals surface area contributed by atoms with Gasteiger partial charge in [0, 0.05) is 18.3 Å². The predicted octanol–water partition coefficient (Wildman–Crippen LogP) is 3.22. The van der Waals surface area contributed by atoms with Gasteiger partial charge in [0.1, 0.15) is 17.4 Å². The Morgan fingerprint density at radius 2 is 2.23 bits per heavy atom. The Labute approximate surface area is 135 Å². The molecule has 1 atom stereocenters. The summed E-state index contributed by atoms with van der Waals surface area (Å²) in [5.74, 6) is 0. The van der Waals surface area contributed by atoms with Crippen LogP contribution in [0.15, 0.2) is 6.20 Å². The first kappa shape index (κ1) is 16.8. The summed E-state index contributed by atoms with van der Waals surface area (Å²) < 4.78 is 11.0. The van der Waals surface area contributed by atoms with Crippen molar-refractivity contribution in [3.8, 4) is 6.01 Å². The molecule has 0 radical (unpaired) electrons. The van der Waals surface area contributed by atoms with Crippen LogP contribution in [-0.2, 0) is 4.74 Å². The topological polar surface area (TPSA) is 64.5 Å². The molecule has 0 aromatic carbocycles. The number of carbonyl (C=O) groups is 1. The van der Waals surface area contributed by atoms with E-state index in [1.165, 1.54) is 0 Å². The maximum Gasteiger partial charge on any atom is 0.410 e. The van der Waals surface area contributed by atoms with Gasteiger partial charge in [-0.2, -0.15) is 4.98 Å². The Morgan fingerprint density at radius 3 is 2.86 bits per heavy atom. The van der Waals surface area contributed by atoms with Gasteiger partial charge in [0.2, 0.25) is 0 Å². The van der Waals surface area contributed by atoms with E-state index in [0.717, 1.165) is 18.4 Å². The van der Waals surface area contributed by atoms with Crippen LogP contribution in [0.4, 0.5) is 4.79 Å². The summed E-state index contributed by atoms with van der Waals surface area (Å²) >= 11 is 5.95. The molecule has 0 bridgehead atoms. The minimum Gasteiger partial charge on any atom is -0.461 e. The van der Waals surface area contributed by atoms with E-state index in [1.807, 2.05) is 27.7 Å². The number of ether oxygens (including phenoxy) is 2. The number of likely N-dealkylation sites (tertiary alicyclic amines) is 1. The first-order valence-electron chi connectivity index (χ1n) is 7.38. The molecule has 1 aromatic rings. The lowest BCUT2D eigenvalue weighted by atomic mass is 10.2. The fraction of sp³-hybridized carbons (Fsp3) is 0.667. The Balaban J connectivity index is 1.93. The van der Waals surface area contributed by atoms with Gasteiger partial charge in [-0.3, -0.25) is 0 Å². The number of aromatic nitrogens is 2. The summed E-state index contributed by atoms with van der Waals surface area (Å²) in [6.45, 7) is 8.41. The maximum absolute atomic E-state index is 12.2. The number of amides is 1. The number of aryl methyl sites for hydroxylation is 1. The first-order chi connectivity index (χ1) is 10.3. The molecule has 1 fully saturated rings. The van der Waals surface area contributed by atoms with Crippen molar-refractivity contribution in [1.29, 1.82) is 0 Å². The third-order valence-corrected chi connectivity index (χ3v) is 3.68. The van der Waals surface area contributed by atoms with Gasteiger partial charge in [-0.05, 0) is 40.5 Å². The second-order valence-corrected chi connectivity index (χ2v) is 6.77. The Bertz CT molecular complexity index is 545. The van der Waals surface area contributed by atoms with Gasteiger partial charge >= 0.3 is 12.1 Å². The SMILES string of the molecule is Cc1cnc(OC[C@H]2CCCN2C(=O)OC(C)(C)C)nc1Cl. The molecule has 7 heteroatoms. The molecular weight excluding hydrogens is 306 g/mol. The van der Waals surface area contributed by atoms with E-state index in [2.05, 4.69) is 9.97 Å². The van der Waals surface area contributed by atoms with Crippen molar-refractivity contribution in [3.63, 3.8) is 0 Å². The number of halogens is 1. The summed E-state index contributed by atoms with van der Waals surface area (Å²) in [6.07, 6.45) is 3.12. The third kappa shape index (κ3) is 4.47. The van der Waals surface area contributed by atoms with Crippen LogP contribution >= 0.6 is 11.6 Å². The second kappa shape index (κ2) is 6.69. The normalized spacial score (nSPS) is 18.4. The Hall–Kier alpha value is -1.56. The monoisotopic (exact) mass is 327 g/mol. The predicted molar refractivity (Wildman–Crippen MR) is 83.2 cm³/mol. The molecule has 0 aliphatic carbocycles. The summed E-state index contributed by atoms with van der Waals surface area (Å²) in [4.78, 5) is 22.0. The summed E-state index contributed by atoms with van der Waals surface area (Å²) in [5.41, 5.74) is 0.295. The smallest absolute Gasteiger partial charge is 0.410 e. The van der Waals surface area contributed by atoms with E-state index >= 15 is 0 Å². The van der Waals surface area contributed by atoms with E-state index < -0.39 is 5.60 Å². The standard InChI is InChI=1S/C15H22ClN3O3/c1-10-8-17-13(18-12(10)16)21-9-11-6-5-7-19(11)14(20)22-15(2,3)4/h8,11H,5-7,9H2,1-4H3/t11-/m1/s1. The molecule has 2 rings (SSSR count). The third-order valence-electron chi connectivity index (χ3n) is 3.30. The molecule has 1 aliphatic heterocycles. The fourth-order valence-electron chi connectivity index (χ4n) is 2.22. The number of nitrogens with zero attached hydrogens (tertiary/aromatic N) is 3. The lowest BCUT2D eigenvalue weighted by Crippen LogP contribution is -2.42. The van der Waals surface area contributed by atoms with Crippen molar-refractivity contribution in [2.75, 3.05) is 13.2 Å². The number of rotatable bonds is 3. The molecule has 1 saturated heterocycles. The lowest BCUT2D eigenvalue weighted by Gasteiger charge is -2.28. The van der Waals surface area contributed by atoms with Crippen LogP contribution < -0.4 is 4.74 Å². The number of hydrogen-bond acceptors (Lipinski definition) is 5. The largest absolute Gasteiger partial charge is 0.461 e. The zero-order chi connectivity index (χ0) is 16.3. The van der Waals surface area contributed by atoms with E-state index in [1.54, 1.807) is 11.1 Å². The number of carbonyl (C=O) groups excluding carboxylic acids is 1. The van der Waals surface area contributed by atoms with E-state index in [-0.39, 0.29) is 18.1 Å². The van der Waals surface area contributed by atoms with Crippen molar-refractivity contribution in [2.24, 2.45) is 0 Å². The van der Waals surface area contributed by atoms with E-state index in [0.29, 0.717) is 18.3 Å². The summed E-state index contributed by atoms with van der Waals surface area (Å²) in [6, 6.07) is 0.199. The molecule has 0 saturated carbocycles. The van der Waals surface area contributed by atoms with E-state index in [4.69, 9.17) is 21.1 Å². The van der Waals surface area contributed by atoms with Crippen molar-refractivity contribution in [2.45, 2.75) is 52.2 Å². The van der Waals surface area contributed by atoms with Crippen LogP contribution in [0.5, 0.6) is 6.01 Å². The van der Waals surface area contributed by atoms with Gasteiger partial charge in [-0.1, -0.05) is 11.6 Å². The molecule has 122 valence electrons. The van der Waals surface area contributed by atoms with Crippen molar-refractivity contribution >= 4 is 17.7 Å². The van der Waals surface area contributed by atoms with Crippen molar-refractivity contribution < 1.29 is 14.3 Å². The van der Waals surface area contributed by atoms with Gasteiger partial charge in [-0.25, -0.2) is 9.78 Å². The average molecular weight is 328 g/mol. The molecule has 2 heterocycles. The Kier molecular flexibility index (Phi) is 5.11. The summed E-state index contributed by atoms with van der Waals surface area (Å²) in [5, 5.41) is 0.375. The molecule has 1 aliphatic rings. The average Bonchev–Trinajstić information content (AvgIpc) is 2.87. The minimum atomic E-state index is -0.501. The van der Waals surface area contributed by atoms with Gasteiger partial charge in [-0.15, -0.1) is 0 Å².